The summed E-state index contributed by atoms with van der Waals surface area (Å²) in [5.41, 5.74) is 0.273. The largest absolute Gasteiger partial charge is 0.496 e. The molecule has 0 radical (unpaired) electrons. The minimum atomic E-state index is -2.59. The third kappa shape index (κ3) is 4.27. The molecule has 0 amide bonds. The van der Waals surface area contributed by atoms with Crippen molar-refractivity contribution in [3.63, 3.8) is 0 Å². The van der Waals surface area contributed by atoms with Gasteiger partial charge in [0, 0.05) is 16.3 Å². The van der Waals surface area contributed by atoms with Gasteiger partial charge in [0.15, 0.2) is 5.78 Å². The number of para-hydroxylation sites is 1. The molecule has 2 nitrogen and oxygen atoms in total. The quantitative estimate of drug-likeness (QED) is 0.335. The molecule has 0 fully saturated rings. The van der Waals surface area contributed by atoms with Crippen LogP contribution >= 0.6 is 6.89 Å². The van der Waals surface area contributed by atoms with Crippen molar-refractivity contribution in [2.75, 3.05) is 7.11 Å². The van der Waals surface area contributed by atoms with Crippen molar-refractivity contribution in [2.45, 2.75) is 20.8 Å². The van der Waals surface area contributed by atoms with Crippen LogP contribution in [0.15, 0.2) is 115 Å². The lowest BCUT2D eigenvalue weighted by atomic mass is 9.87. The minimum Gasteiger partial charge on any atom is -0.496 e. The van der Waals surface area contributed by atoms with Crippen LogP contribution in [0.3, 0.4) is 0 Å². The second-order valence-corrected chi connectivity index (χ2v) is 12.6. The van der Waals surface area contributed by atoms with Crippen LogP contribution in [0.25, 0.3) is 0 Å². The molecule has 4 aromatic rings. The molecule has 0 unspecified atom stereocenters. The molecule has 0 saturated heterocycles. The first-order valence-electron chi connectivity index (χ1n) is 11.5. The van der Waals surface area contributed by atoms with E-state index in [0.29, 0.717) is 5.75 Å². The van der Waals surface area contributed by atoms with Gasteiger partial charge in [-0.2, -0.15) is 0 Å². The lowest BCUT2D eigenvalue weighted by Crippen LogP contribution is -2.38. The van der Waals surface area contributed by atoms with E-state index in [-0.39, 0.29) is 5.78 Å². The second kappa shape index (κ2) is 9.87. The van der Waals surface area contributed by atoms with E-state index in [9.17, 15) is 4.79 Å². The number of carbonyl (C=O) groups excluding carboxylic acids is 1. The molecule has 0 aliphatic carbocycles. The predicted octanol–water partition coefficient (Wildman–Crippen LogP) is 5.83. The van der Waals surface area contributed by atoms with Crippen molar-refractivity contribution in [3.05, 3.63) is 121 Å². The van der Waals surface area contributed by atoms with Gasteiger partial charge in [-0.3, -0.25) is 4.79 Å². The number of Topliss-reactive ketones (excluding diaryl/α,β-unsaturated/α-hetero) is 1. The maximum absolute atomic E-state index is 14.5. The molecule has 0 aromatic heterocycles. The molecule has 4 rings (SSSR count). The molecule has 0 spiro atoms. The van der Waals surface area contributed by atoms with E-state index in [1.807, 2.05) is 63.2 Å². The zero-order valence-corrected chi connectivity index (χ0v) is 21.1. The van der Waals surface area contributed by atoms with E-state index in [4.69, 9.17) is 4.74 Å². The zero-order chi connectivity index (χ0) is 24.2. The van der Waals surface area contributed by atoms with Gasteiger partial charge in [0.25, 0.3) is 0 Å². The number of benzene rings is 4. The first-order chi connectivity index (χ1) is 16.4. The highest BCUT2D eigenvalue weighted by molar-refractivity contribution is 7.96. The lowest BCUT2D eigenvalue weighted by Gasteiger charge is -2.35. The highest BCUT2D eigenvalue weighted by Gasteiger charge is 2.38. The SMILES string of the molecule is COc1ccccc1C(C(=O)C(C)(C)C)=P(c1ccccc1)(c1ccccc1)c1ccccc1. The van der Waals surface area contributed by atoms with Crippen molar-refractivity contribution < 1.29 is 9.53 Å². The summed E-state index contributed by atoms with van der Waals surface area (Å²) in [6.07, 6.45) is 0. The normalized spacial score (nSPS) is 11.6. The van der Waals surface area contributed by atoms with Crippen LogP contribution < -0.4 is 20.7 Å². The number of carbonyl (C=O) groups is 1. The van der Waals surface area contributed by atoms with Crippen LogP contribution in [0.5, 0.6) is 5.75 Å². The number of rotatable bonds is 6. The Kier molecular flexibility index (Phi) is 6.91. The molecule has 0 N–H and O–H groups in total. The van der Waals surface area contributed by atoms with Gasteiger partial charge in [-0.1, -0.05) is 130 Å². The van der Waals surface area contributed by atoms with E-state index in [2.05, 4.69) is 72.8 Å². The Hall–Kier alpha value is -3.35. The average molecular weight is 467 g/mol. The number of hydrogen-bond acceptors (Lipinski definition) is 2. The molecule has 3 heteroatoms. The topological polar surface area (TPSA) is 26.3 Å². The monoisotopic (exact) mass is 466 g/mol. The van der Waals surface area contributed by atoms with Crippen LogP contribution in [0.2, 0.25) is 0 Å². The smallest absolute Gasteiger partial charge is 0.169 e. The fourth-order valence-electron chi connectivity index (χ4n) is 4.44. The third-order valence-electron chi connectivity index (χ3n) is 6.02. The van der Waals surface area contributed by atoms with Crippen LogP contribution in [-0.4, -0.2) is 18.2 Å². The summed E-state index contributed by atoms with van der Waals surface area (Å²) in [5, 5.41) is 4.25. The van der Waals surface area contributed by atoms with Crippen LogP contribution in [0.4, 0.5) is 0 Å². The molecule has 4 aromatic carbocycles. The standard InChI is InChI=1S/C31H31O2P/c1-31(2,3)30(32)29(27-22-14-15-23-28(27)33-4)34(24-16-8-5-9-17-24,25-18-10-6-11-19-25)26-20-12-7-13-21-26/h5-23H,1-4H3. The summed E-state index contributed by atoms with van der Waals surface area (Å²) in [6.45, 7) is 3.41. The number of hydrogen-bond donors (Lipinski definition) is 0. The summed E-state index contributed by atoms with van der Waals surface area (Å²) in [5.74, 6) is 0.837. The Morgan fingerprint density at radius 1 is 0.618 bits per heavy atom. The highest BCUT2D eigenvalue weighted by Crippen LogP contribution is 2.50. The first kappa shape index (κ1) is 23.8. The van der Waals surface area contributed by atoms with E-state index in [1.165, 1.54) is 0 Å². The summed E-state index contributed by atoms with van der Waals surface area (Å²) in [4.78, 5) is 14.5. The maximum Gasteiger partial charge on any atom is 0.169 e. The number of methoxy groups -OCH3 is 1. The Balaban J connectivity index is 2.38. The Labute approximate surface area is 203 Å². The van der Waals surface area contributed by atoms with Gasteiger partial charge in [-0.15, -0.1) is 0 Å². The van der Waals surface area contributed by atoms with Crippen molar-refractivity contribution >= 4 is 33.9 Å². The molecule has 34 heavy (non-hydrogen) atoms. The predicted molar refractivity (Wildman–Crippen MR) is 147 cm³/mol. The van der Waals surface area contributed by atoms with Gasteiger partial charge in [-0.05, 0) is 28.9 Å². The van der Waals surface area contributed by atoms with Gasteiger partial charge in [-0.25, -0.2) is 0 Å². The van der Waals surface area contributed by atoms with Gasteiger partial charge >= 0.3 is 0 Å². The van der Waals surface area contributed by atoms with Gasteiger partial charge < -0.3 is 4.74 Å². The summed E-state index contributed by atoms with van der Waals surface area (Å²) in [7, 11) is 1.67. The molecule has 0 bridgehead atoms. The average Bonchev–Trinajstić information content (AvgIpc) is 2.88. The van der Waals surface area contributed by atoms with Crippen molar-refractivity contribution in [1.82, 2.24) is 0 Å². The summed E-state index contributed by atoms with van der Waals surface area (Å²) < 4.78 is 5.84. The molecule has 0 saturated carbocycles. The second-order valence-electron chi connectivity index (χ2n) is 9.31. The Morgan fingerprint density at radius 3 is 1.38 bits per heavy atom. The Bertz CT molecular complexity index is 1210. The summed E-state index contributed by atoms with van der Waals surface area (Å²) >= 11 is 0. The van der Waals surface area contributed by atoms with Crippen molar-refractivity contribution in [3.8, 4) is 5.75 Å². The third-order valence-corrected chi connectivity index (χ3v) is 10.4. The number of ether oxygens (including phenoxy) is 1. The van der Waals surface area contributed by atoms with Gasteiger partial charge in [0.2, 0.25) is 0 Å². The van der Waals surface area contributed by atoms with Gasteiger partial charge in [0.05, 0.1) is 7.11 Å². The Morgan fingerprint density at radius 2 is 1.00 bits per heavy atom. The molecule has 0 heterocycles. The van der Waals surface area contributed by atoms with E-state index in [0.717, 1.165) is 26.8 Å². The molecule has 172 valence electrons. The lowest BCUT2D eigenvalue weighted by molar-refractivity contribution is -0.119. The van der Waals surface area contributed by atoms with E-state index < -0.39 is 12.3 Å². The summed E-state index contributed by atoms with van der Waals surface area (Å²) in [6, 6.07) is 39.4. The first-order valence-corrected chi connectivity index (χ1v) is 13.3. The van der Waals surface area contributed by atoms with E-state index in [1.54, 1.807) is 7.11 Å². The minimum absolute atomic E-state index is 0.127. The fourth-order valence-corrected chi connectivity index (χ4v) is 9.15. The van der Waals surface area contributed by atoms with Gasteiger partial charge in [0.1, 0.15) is 5.75 Å². The van der Waals surface area contributed by atoms with E-state index >= 15 is 0 Å². The zero-order valence-electron chi connectivity index (χ0n) is 20.2. The molecule has 0 aliphatic heterocycles. The van der Waals surface area contributed by atoms with Crippen LogP contribution in [0, 0.1) is 5.41 Å². The van der Waals surface area contributed by atoms with Crippen LogP contribution in [0.1, 0.15) is 26.3 Å². The van der Waals surface area contributed by atoms with Crippen LogP contribution in [-0.2, 0) is 4.79 Å². The maximum atomic E-state index is 14.5. The molecule has 0 aliphatic rings. The molecular formula is C31H31O2P. The fraction of sp³-hybridized carbons (Fsp3) is 0.161. The van der Waals surface area contributed by atoms with Crippen molar-refractivity contribution in [1.29, 1.82) is 0 Å². The van der Waals surface area contributed by atoms with Crippen molar-refractivity contribution in [2.24, 2.45) is 5.41 Å². The number of ketones is 1. The molecule has 0 atom stereocenters. The molecular weight excluding hydrogens is 435 g/mol. The highest BCUT2D eigenvalue weighted by atomic mass is 31.2.